The van der Waals surface area contributed by atoms with Crippen molar-refractivity contribution in [3.63, 3.8) is 0 Å². The van der Waals surface area contributed by atoms with Gasteiger partial charge in [-0.1, -0.05) is 0 Å². The normalized spacial score (nSPS) is 22.1. The van der Waals surface area contributed by atoms with Crippen LogP contribution in [0.5, 0.6) is 0 Å². The number of quaternary nitrogens is 1. The average Bonchev–Trinajstić information content (AvgIpc) is 3.25. The first-order valence-corrected chi connectivity index (χ1v) is 13.2. The third-order valence-corrected chi connectivity index (χ3v) is 7.03. The van der Waals surface area contributed by atoms with Gasteiger partial charge in [-0.2, -0.15) is 24.0 Å². The summed E-state index contributed by atoms with van der Waals surface area (Å²) in [5.74, 6) is 6.97. The van der Waals surface area contributed by atoms with Gasteiger partial charge in [0.1, 0.15) is 12.0 Å². The van der Waals surface area contributed by atoms with Crippen molar-refractivity contribution in [2.24, 2.45) is 21.7 Å². The fourth-order valence-electron chi connectivity index (χ4n) is 5.01. The van der Waals surface area contributed by atoms with Gasteiger partial charge in [-0.05, 0) is 63.1 Å². The second-order valence-corrected chi connectivity index (χ2v) is 10.4. The van der Waals surface area contributed by atoms with E-state index in [0.717, 1.165) is 31.2 Å². The van der Waals surface area contributed by atoms with Gasteiger partial charge in [-0.15, -0.1) is 4.59 Å². The van der Waals surface area contributed by atoms with Gasteiger partial charge in [-0.3, -0.25) is 14.6 Å². The second-order valence-electron chi connectivity index (χ2n) is 10.4. The maximum Gasteiger partial charge on any atom is 0.416 e. The standard InChI is InChI=1S/C28H29F3N8O2/c1-17(2)35-27(41)20-4-3-12-38(16-20)24-22-15-33-11-13-39(22,32)25(37-24)18-5-7-19(8-6-18)26(40)36-23-14-21(9-10-34-23)28(29,30)31/h5-11,13-15,17,20H,3-4,12,16,32H2,1-2H3,(H-,34,35,36,40,41)/p+1. The van der Waals surface area contributed by atoms with Crippen LogP contribution in [-0.2, 0) is 11.0 Å². The summed E-state index contributed by atoms with van der Waals surface area (Å²) in [5.41, 5.74) is 0.603. The van der Waals surface area contributed by atoms with Gasteiger partial charge in [0.15, 0.2) is 0 Å². The van der Waals surface area contributed by atoms with Crippen LogP contribution < -0.4 is 16.5 Å². The number of hydrogen-bond acceptors (Lipinski definition) is 7. The van der Waals surface area contributed by atoms with Crippen LogP contribution >= 0.6 is 0 Å². The van der Waals surface area contributed by atoms with Gasteiger partial charge in [0, 0.05) is 30.9 Å². The Morgan fingerprint density at radius 2 is 1.93 bits per heavy atom. The Bertz CT molecular complexity index is 1480. The van der Waals surface area contributed by atoms with Crippen LogP contribution in [0.3, 0.4) is 0 Å². The number of fused-ring (bicyclic) bond motifs is 1. The molecule has 2 atom stereocenters. The first-order chi connectivity index (χ1) is 19.5. The van der Waals surface area contributed by atoms with Gasteiger partial charge < -0.3 is 15.5 Å². The van der Waals surface area contributed by atoms with E-state index in [4.69, 9.17) is 10.8 Å². The maximum absolute atomic E-state index is 13.0. The number of hydrogen-bond donors (Lipinski definition) is 3. The third-order valence-electron chi connectivity index (χ3n) is 7.03. The average molecular weight is 568 g/mol. The summed E-state index contributed by atoms with van der Waals surface area (Å²) in [7, 11) is 0. The Kier molecular flexibility index (Phi) is 7.49. The summed E-state index contributed by atoms with van der Waals surface area (Å²) in [6, 6.07) is 8.09. The number of carbonyl (C=O) groups is 2. The molecule has 0 spiro atoms. The minimum absolute atomic E-state index is 0.0115. The molecule has 1 aromatic heterocycles. The number of amides is 2. The second kappa shape index (κ2) is 10.9. The minimum atomic E-state index is -4.55. The molecule has 4 heterocycles. The Balaban J connectivity index is 1.37. The van der Waals surface area contributed by atoms with E-state index < -0.39 is 17.6 Å². The SMILES string of the molecule is CC(C)NC(=O)C1CCCN(C2=C3C=NC=C[N+]3(N)C(c3ccc(C(=O)Nc4cc(C(F)(F)F)ccn4)cc3)=N2)C1. The third kappa shape index (κ3) is 5.77. The highest BCUT2D eigenvalue weighted by Gasteiger charge is 2.46. The number of alkyl halides is 3. The van der Waals surface area contributed by atoms with Crippen molar-refractivity contribution in [2.45, 2.75) is 38.9 Å². The molecule has 4 N–H and O–H groups in total. The van der Waals surface area contributed by atoms with Crippen molar-refractivity contribution in [3.05, 3.63) is 83.2 Å². The zero-order valence-electron chi connectivity index (χ0n) is 22.5. The smallest absolute Gasteiger partial charge is 0.354 e. The summed E-state index contributed by atoms with van der Waals surface area (Å²) in [5, 5.41) is 5.39. The molecular formula is C28H30F3N8O2+. The number of amidine groups is 1. The van der Waals surface area contributed by atoms with Gasteiger partial charge in [0.05, 0.1) is 29.5 Å². The van der Waals surface area contributed by atoms with Gasteiger partial charge >= 0.3 is 6.18 Å². The zero-order chi connectivity index (χ0) is 29.4. The van der Waals surface area contributed by atoms with Crippen LogP contribution in [0.1, 0.15) is 48.2 Å². The molecule has 214 valence electrons. The van der Waals surface area contributed by atoms with E-state index in [0.29, 0.717) is 36.0 Å². The topological polar surface area (TPSA) is 125 Å². The summed E-state index contributed by atoms with van der Waals surface area (Å²) >= 11 is 0. The molecule has 3 aliphatic rings. The summed E-state index contributed by atoms with van der Waals surface area (Å²) in [6.45, 7) is 5.06. The van der Waals surface area contributed by atoms with E-state index in [1.165, 1.54) is 0 Å². The molecule has 0 saturated carbocycles. The first kappa shape index (κ1) is 28.2. The van der Waals surface area contributed by atoms with Crippen LogP contribution in [0, 0.1) is 5.92 Å². The quantitative estimate of drug-likeness (QED) is 0.362. The number of anilines is 1. The Hall–Kier alpha value is -4.36. The van der Waals surface area contributed by atoms with Gasteiger partial charge in [0.2, 0.25) is 17.4 Å². The predicted molar refractivity (Wildman–Crippen MR) is 147 cm³/mol. The monoisotopic (exact) mass is 567 g/mol. The number of carbonyl (C=O) groups excluding carboxylic acids is 2. The number of rotatable bonds is 6. The lowest BCUT2D eigenvalue weighted by atomic mass is 9.96. The van der Waals surface area contributed by atoms with E-state index in [9.17, 15) is 22.8 Å². The lowest BCUT2D eigenvalue weighted by Gasteiger charge is -2.33. The fourth-order valence-corrected chi connectivity index (χ4v) is 5.01. The highest BCUT2D eigenvalue weighted by molar-refractivity contribution is 6.05. The molecular weight excluding hydrogens is 537 g/mol. The van der Waals surface area contributed by atoms with E-state index in [1.807, 2.05) is 13.8 Å². The van der Waals surface area contributed by atoms with Crippen molar-refractivity contribution in [3.8, 4) is 0 Å². The minimum Gasteiger partial charge on any atom is -0.354 e. The van der Waals surface area contributed by atoms with Crippen molar-refractivity contribution >= 4 is 29.7 Å². The number of aromatic nitrogens is 1. The number of nitrogens with one attached hydrogen (secondary N) is 2. The van der Waals surface area contributed by atoms with Gasteiger partial charge in [-0.25, -0.2) is 4.98 Å². The molecule has 3 aliphatic heterocycles. The number of aliphatic imine (C=N–C) groups is 2. The van der Waals surface area contributed by atoms with E-state index in [2.05, 4.69) is 25.5 Å². The number of pyridine rings is 1. The summed E-state index contributed by atoms with van der Waals surface area (Å²) in [4.78, 5) is 40.5. The zero-order valence-corrected chi connectivity index (χ0v) is 22.5. The lowest BCUT2D eigenvalue weighted by Crippen LogP contribution is -2.53. The van der Waals surface area contributed by atoms with Crippen LogP contribution in [-0.4, -0.2) is 57.5 Å². The molecule has 13 heteroatoms. The molecule has 41 heavy (non-hydrogen) atoms. The molecule has 5 rings (SSSR count). The molecule has 0 aliphatic carbocycles. The number of nitrogens with zero attached hydrogens (tertiary/aromatic N) is 5. The molecule has 1 fully saturated rings. The van der Waals surface area contributed by atoms with Crippen molar-refractivity contribution < 1.29 is 27.4 Å². The highest BCUT2D eigenvalue weighted by Crippen LogP contribution is 2.35. The summed E-state index contributed by atoms with van der Waals surface area (Å²) in [6.07, 6.45) is 2.98. The number of likely N-dealkylation sites (tertiary alicyclic amines) is 1. The van der Waals surface area contributed by atoms with E-state index >= 15 is 0 Å². The number of allylic oxidation sites excluding steroid dienone is 1. The molecule has 10 nitrogen and oxygen atoms in total. The predicted octanol–water partition coefficient (Wildman–Crippen LogP) is 3.76. The van der Waals surface area contributed by atoms with Crippen molar-refractivity contribution in [2.75, 3.05) is 18.4 Å². The number of nitrogens with two attached hydrogens (primary N) is 1. The highest BCUT2D eigenvalue weighted by atomic mass is 19.4. The number of benzene rings is 1. The summed E-state index contributed by atoms with van der Waals surface area (Å²) < 4.78 is 38.8. The first-order valence-electron chi connectivity index (χ1n) is 13.2. The molecule has 2 amide bonds. The molecule has 2 aromatic rings. The van der Waals surface area contributed by atoms with Crippen LogP contribution in [0.2, 0.25) is 0 Å². The molecule has 2 unspecified atom stereocenters. The van der Waals surface area contributed by atoms with E-state index in [1.54, 1.807) is 42.9 Å². The Morgan fingerprint density at radius 1 is 1.17 bits per heavy atom. The van der Waals surface area contributed by atoms with Crippen LogP contribution in [0.15, 0.2) is 76.5 Å². The maximum atomic E-state index is 13.0. The number of piperidine rings is 1. The molecule has 1 saturated heterocycles. The molecule has 0 bridgehead atoms. The lowest BCUT2D eigenvalue weighted by molar-refractivity contribution is -0.750. The molecule has 1 aromatic carbocycles. The fraction of sp³-hybridized carbons (Fsp3) is 0.321. The van der Waals surface area contributed by atoms with Crippen molar-refractivity contribution in [1.82, 2.24) is 15.2 Å². The van der Waals surface area contributed by atoms with Crippen molar-refractivity contribution in [1.29, 1.82) is 0 Å². The Morgan fingerprint density at radius 3 is 2.63 bits per heavy atom. The number of halogens is 3. The van der Waals surface area contributed by atoms with Crippen LogP contribution in [0.25, 0.3) is 0 Å². The molecule has 0 radical (unpaired) electrons. The van der Waals surface area contributed by atoms with E-state index in [-0.39, 0.29) is 33.8 Å². The van der Waals surface area contributed by atoms with Gasteiger partial charge in [0.25, 0.3) is 11.7 Å². The largest absolute Gasteiger partial charge is 0.416 e. The van der Waals surface area contributed by atoms with Crippen LogP contribution in [0.4, 0.5) is 19.0 Å². The Labute approximate surface area is 234 Å².